The molecule has 0 unspecified atom stereocenters. The van der Waals surface area contributed by atoms with Crippen molar-refractivity contribution in [1.29, 1.82) is 0 Å². The molecule has 0 aliphatic carbocycles. The topological polar surface area (TPSA) is 9.23 Å². The van der Waals surface area contributed by atoms with Crippen molar-refractivity contribution in [2.24, 2.45) is 0 Å². The molecule has 0 aliphatic rings. The summed E-state index contributed by atoms with van der Waals surface area (Å²) in [6.45, 7) is 5.77. The zero-order chi connectivity index (χ0) is 16.9. The van der Waals surface area contributed by atoms with Gasteiger partial charge in [0.15, 0.2) is 0 Å². The molecule has 0 N–H and O–H groups in total. The molecule has 0 atom stereocenters. The van der Waals surface area contributed by atoms with Gasteiger partial charge in [0, 0.05) is 21.1 Å². The first-order chi connectivity index (χ1) is 10.0. The van der Waals surface area contributed by atoms with Crippen LogP contribution in [-0.2, 0) is 0 Å². The van der Waals surface area contributed by atoms with Crippen molar-refractivity contribution in [3.63, 3.8) is 0 Å². The van der Waals surface area contributed by atoms with Crippen molar-refractivity contribution < 1.29 is 17.9 Å². The molecule has 1 nitrogen and oxygen atoms in total. The normalized spacial score (nSPS) is 10.7. The molecule has 0 aromatic heterocycles. The van der Waals surface area contributed by atoms with Crippen LogP contribution in [0.3, 0.4) is 0 Å². The first-order valence-electron chi connectivity index (χ1n) is 6.32. The highest BCUT2D eigenvalue weighted by atomic mass is 79.9. The van der Waals surface area contributed by atoms with Crippen LogP contribution < -0.4 is 4.74 Å². The van der Waals surface area contributed by atoms with Gasteiger partial charge in [-0.2, -0.15) is 0 Å². The van der Waals surface area contributed by atoms with Crippen LogP contribution in [0, 0.1) is 17.5 Å². The fourth-order valence-corrected chi connectivity index (χ4v) is 2.34. The summed E-state index contributed by atoms with van der Waals surface area (Å²) < 4.78 is 43.8. The van der Waals surface area contributed by atoms with E-state index in [0.717, 1.165) is 6.07 Å². The standard InChI is InChI=1S/C10H12BrFO.C6H3BrF2/c1-10(2,3)13-9-5-7(11)4-8(12)6-9;7-4-1-5(8)3-6(9)2-4/h4-6H,1-3H3;1-3H. The molecular weight excluding hydrogens is 425 g/mol. The molecule has 0 heterocycles. The molecule has 0 fully saturated rings. The molecule has 0 radical (unpaired) electrons. The lowest BCUT2D eigenvalue weighted by atomic mass is 10.2. The Morgan fingerprint density at radius 1 is 0.727 bits per heavy atom. The minimum absolute atomic E-state index is 0.298. The first-order valence-corrected chi connectivity index (χ1v) is 7.90. The molecular formula is C16H15Br2F3O. The van der Waals surface area contributed by atoms with Gasteiger partial charge in [-0.15, -0.1) is 0 Å². The Morgan fingerprint density at radius 2 is 1.14 bits per heavy atom. The van der Waals surface area contributed by atoms with Gasteiger partial charge in [-0.25, -0.2) is 13.2 Å². The molecule has 0 saturated carbocycles. The summed E-state index contributed by atoms with van der Waals surface area (Å²) in [5.41, 5.74) is -0.298. The van der Waals surface area contributed by atoms with Gasteiger partial charge in [0.25, 0.3) is 0 Å². The van der Waals surface area contributed by atoms with E-state index in [4.69, 9.17) is 4.74 Å². The van der Waals surface area contributed by atoms with Crippen LogP contribution in [0.4, 0.5) is 13.2 Å². The average molecular weight is 440 g/mol. The second kappa shape index (κ2) is 8.02. The summed E-state index contributed by atoms with van der Waals surface area (Å²) in [5, 5.41) is 0. The maximum absolute atomic E-state index is 12.9. The number of benzene rings is 2. The molecule has 6 heteroatoms. The molecule has 0 aliphatic heterocycles. The second-order valence-corrected chi connectivity index (χ2v) is 7.24. The van der Waals surface area contributed by atoms with Gasteiger partial charge in [-0.05, 0) is 45.0 Å². The van der Waals surface area contributed by atoms with Crippen LogP contribution in [0.15, 0.2) is 45.3 Å². The van der Waals surface area contributed by atoms with Crippen LogP contribution in [-0.4, -0.2) is 5.60 Å². The van der Waals surface area contributed by atoms with Crippen LogP contribution >= 0.6 is 31.9 Å². The van der Waals surface area contributed by atoms with Gasteiger partial charge in [0.2, 0.25) is 0 Å². The fraction of sp³-hybridized carbons (Fsp3) is 0.250. The molecule has 0 saturated heterocycles. The highest BCUT2D eigenvalue weighted by Gasteiger charge is 2.12. The Bertz CT molecular complexity index is 569. The van der Waals surface area contributed by atoms with E-state index >= 15 is 0 Å². The predicted molar refractivity (Wildman–Crippen MR) is 88.5 cm³/mol. The van der Waals surface area contributed by atoms with Gasteiger partial charge in [-0.1, -0.05) is 31.9 Å². The van der Waals surface area contributed by atoms with Crippen LogP contribution in [0.5, 0.6) is 5.75 Å². The first kappa shape index (κ1) is 19.0. The Hall–Kier alpha value is -1.01. The maximum Gasteiger partial charge on any atom is 0.128 e. The zero-order valence-corrected chi connectivity index (χ0v) is 15.4. The van der Waals surface area contributed by atoms with Gasteiger partial charge < -0.3 is 4.74 Å². The Morgan fingerprint density at radius 3 is 1.50 bits per heavy atom. The summed E-state index contributed by atoms with van der Waals surface area (Å²) in [4.78, 5) is 0. The SMILES string of the molecule is CC(C)(C)Oc1cc(F)cc(Br)c1.Fc1cc(F)cc(Br)c1. The average Bonchev–Trinajstić information content (AvgIpc) is 2.22. The summed E-state index contributed by atoms with van der Waals surface area (Å²) in [5.74, 6) is -0.892. The van der Waals surface area contributed by atoms with E-state index in [-0.39, 0.29) is 11.4 Å². The monoisotopic (exact) mass is 438 g/mol. The molecule has 2 rings (SSSR count). The second-order valence-electron chi connectivity index (χ2n) is 5.41. The van der Waals surface area contributed by atoms with Crippen molar-refractivity contribution in [3.8, 4) is 5.75 Å². The van der Waals surface area contributed by atoms with Crippen LogP contribution in [0.25, 0.3) is 0 Å². The summed E-state index contributed by atoms with van der Waals surface area (Å²) >= 11 is 6.13. The number of hydrogen-bond donors (Lipinski definition) is 0. The van der Waals surface area contributed by atoms with E-state index in [0.29, 0.717) is 14.7 Å². The lowest BCUT2D eigenvalue weighted by molar-refractivity contribution is 0.130. The number of halogens is 5. The lowest BCUT2D eigenvalue weighted by Crippen LogP contribution is -2.22. The largest absolute Gasteiger partial charge is 0.488 e. The van der Waals surface area contributed by atoms with E-state index < -0.39 is 11.6 Å². The van der Waals surface area contributed by atoms with Crippen molar-refractivity contribution in [2.75, 3.05) is 0 Å². The Balaban J connectivity index is 0.000000235. The minimum atomic E-state index is -0.568. The van der Waals surface area contributed by atoms with Crippen molar-refractivity contribution in [1.82, 2.24) is 0 Å². The molecule has 0 spiro atoms. The molecule has 22 heavy (non-hydrogen) atoms. The van der Waals surface area contributed by atoms with E-state index in [1.54, 1.807) is 6.07 Å². The van der Waals surface area contributed by atoms with Crippen LogP contribution in [0.1, 0.15) is 20.8 Å². The quantitative estimate of drug-likeness (QED) is 0.493. The van der Waals surface area contributed by atoms with E-state index in [1.165, 1.54) is 24.3 Å². The number of ether oxygens (including phenoxy) is 1. The van der Waals surface area contributed by atoms with Crippen molar-refractivity contribution in [2.45, 2.75) is 26.4 Å². The molecule has 0 amide bonds. The minimum Gasteiger partial charge on any atom is -0.488 e. The van der Waals surface area contributed by atoms with Gasteiger partial charge in [0.05, 0.1) is 0 Å². The highest BCUT2D eigenvalue weighted by molar-refractivity contribution is 9.10. The molecule has 2 aromatic carbocycles. The Labute approximate surface area is 144 Å². The van der Waals surface area contributed by atoms with Gasteiger partial charge in [0.1, 0.15) is 28.8 Å². The third-order valence-corrected chi connectivity index (χ3v) is 3.00. The third-order valence-electron chi connectivity index (χ3n) is 2.09. The summed E-state index contributed by atoms with van der Waals surface area (Å²) in [6.07, 6.45) is 0. The molecule has 0 bridgehead atoms. The van der Waals surface area contributed by atoms with Gasteiger partial charge in [-0.3, -0.25) is 0 Å². The van der Waals surface area contributed by atoms with E-state index in [9.17, 15) is 13.2 Å². The maximum atomic E-state index is 12.9. The summed E-state index contributed by atoms with van der Waals surface area (Å²) in [7, 11) is 0. The lowest BCUT2D eigenvalue weighted by Gasteiger charge is -2.21. The van der Waals surface area contributed by atoms with Crippen molar-refractivity contribution >= 4 is 31.9 Å². The summed E-state index contributed by atoms with van der Waals surface area (Å²) in [6, 6.07) is 7.73. The Kier molecular flexibility index (Phi) is 6.94. The third kappa shape index (κ3) is 7.84. The van der Waals surface area contributed by atoms with Crippen LogP contribution in [0.2, 0.25) is 0 Å². The predicted octanol–water partition coefficient (Wildman–Crippen LogP) is 6.49. The zero-order valence-electron chi connectivity index (χ0n) is 12.3. The van der Waals surface area contributed by atoms with E-state index in [2.05, 4.69) is 31.9 Å². The highest BCUT2D eigenvalue weighted by Crippen LogP contribution is 2.23. The van der Waals surface area contributed by atoms with Gasteiger partial charge >= 0.3 is 0 Å². The molecule has 2 aromatic rings. The smallest absolute Gasteiger partial charge is 0.128 e. The van der Waals surface area contributed by atoms with E-state index in [1.807, 2.05) is 20.8 Å². The van der Waals surface area contributed by atoms with Crippen molar-refractivity contribution in [3.05, 3.63) is 62.8 Å². The number of hydrogen-bond acceptors (Lipinski definition) is 1. The molecule has 120 valence electrons. The number of rotatable bonds is 1. The fourth-order valence-electron chi connectivity index (χ4n) is 1.46.